The number of aromatic nitrogens is 2. The zero-order chi connectivity index (χ0) is 29.6. The standard InChI is InChI=1S/C32H33N5O5/c1-36(18-21-10-4-3-5-11-21)19-28(31(39)40)34-30(38)29-16-22(35-37(29)2)17-33-32(41)42-20-27-25-14-8-6-12-23(25)24-13-7-9-15-26(24)27/h3-16,27-28H,17-20H2,1-2H3,(H,33,41)(H,34,38)(H,39,40). The van der Waals surface area contributed by atoms with Gasteiger partial charge in [-0.05, 0) is 40.9 Å². The molecule has 1 aliphatic carbocycles. The number of aryl methyl sites for hydroxylation is 1. The van der Waals surface area contributed by atoms with Gasteiger partial charge in [0.1, 0.15) is 18.3 Å². The molecule has 2 amide bonds. The first-order valence-corrected chi connectivity index (χ1v) is 13.7. The number of carbonyl (C=O) groups excluding carboxylic acids is 2. The maximum absolute atomic E-state index is 13.0. The van der Waals surface area contributed by atoms with Crippen LogP contribution in [0, 0.1) is 0 Å². The summed E-state index contributed by atoms with van der Waals surface area (Å²) in [7, 11) is 3.38. The van der Waals surface area contributed by atoms with Crippen molar-refractivity contribution >= 4 is 18.0 Å². The van der Waals surface area contributed by atoms with Gasteiger partial charge in [0, 0.05) is 26.1 Å². The summed E-state index contributed by atoms with van der Waals surface area (Å²) < 4.78 is 6.93. The summed E-state index contributed by atoms with van der Waals surface area (Å²) in [5, 5.41) is 19.3. The largest absolute Gasteiger partial charge is 0.480 e. The summed E-state index contributed by atoms with van der Waals surface area (Å²) >= 11 is 0. The predicted molar refractivity (Wildman–Crippen MR) is 157 cm³/mol. The molecule has 216 valence electrons. The van der Waals surface area contributed by atoms with Crippen LogP contribution in [0.1, 0.15) is 38.8 Å². The third-order valence-electron chi connectivity index (χ3n) is 7.31. The SMILES string of the molecule is CN(Cc1ccccc1)CC(NC(=O)c1cc(CNC(=O)OCC2c3ccccc3-c3ccccc32)nn1C)C(=O)O. The van der Waals surface area contributed by atoms with Crippen LogP contribution in [0.4, 0.5) is 4.79 Å². The van der Waals surface area contributed by atoms with Crippen LogP contribution >= 0.6 is 0 Å². The minimum Gasteiger partial charge on any atom is -0.480 e. The molecule has 0 fully saturated rings. The van der Waals surface area contributed by atoms with E-state index < -0.39 is 24.0 Å². The van der Waals surface area contributed by atoms with Crippen molar-refractivity contribution in [3.63, 3.8) is 0 Å². The van der Waals surface area contributed by atoms with Crippen LogP contribution in [0.25, 0.3) is 11.1 Å². The Kier molecular flexibility index (Phi) is 8.63. The number of hydrogen-bond donors (Lipinski definition) is 3. The fourth-order valence-electron chi connectivity index (χ4n) is 5.33. The molecule has 0 saturated carbocycles. The summed E-state index contributed by atoms with van der Waals surface area (Å²) in [6.07, 6.45) is -0.596. The third kappa shape index (κ3) is 6.50. The summed E-state index contributed by atoms with van der Waals surface area (Å²) in [6.45, 7) is 0.882. The molecule has 0 saturated heterocycles. The van der Waals surface area contributed by atoms with E-state index in [9.17, 15) is 19.5 Å². The molecule has 1 heterocycles. The zero-order valence-electron chi connectivity index (χ0n) is 23.5. The second-order valence-electron chi connectivity index (χ2n) is 10.4. The van der Waals surface area contributed by atoms with Gasteiger partial charge in [-0.2, -0.15) is 5.10 Å². The number of rotatable bonds is 11. The molecule has 0 spiro atoms. The van der Waals surface area contributed by atoms with Crippen LogP contribution in [-0.2, 0) is 29.7 Å². The Bertz CT molecular complexity index is 1540. The summed E-state index contributed by atoms with van der Waals surface area (Å²) in [6, 6.07) is 26.3. The van der Waals surface area contributed by atoms with E-state index in [-0.39, 0.29) is 31.3 Å². The number of fused-ring (bicyclic) bond motifs is 3. The minimum atomic E-state index is -1.14. The van der Waals surface area contributed by atoms with Gasteiger partial charge in [-0.1, -0.05) is 78.9 Å². The average Bonchev–Trinajstić information content (AvgIpc) is 3.52. The highest BCUT2D eigenvalue weighted by Crippen LogP contribution is 2.44. The lowest BCUT2D eigenvalue weighted by Crippen LogP contribution is -2.47. The van der Waals surface area contributed by atoms with Crippen LogP contribution in [0.3, 0.4) is 0 Å². The lowest BCUT2D eigenvalue weighted by molar-refractivity contribution is -0.139. The molecule has 1 aromatic heterocycles. The number of alkyl carbamates (subject to hydrolysis) is 1. The molecule has 1 unspecified atom stereocenters. The molecule has 10 nitrogen and oxygen atoms in total. The summed E-state index contributed by atoms with van der Waals surface area (Å²) in [5.74, 6) is -1.76. The first kappa shape index (κ1) is 28.6. The Balaban J connectivity index is 1.14. The lowest BCUT2D eigenvalue weighted by atomic mass is 9.98. The molecular formula is C32H33N5O5. The van der Waals surface area contributed by atoms with E-state index in [2.05, 4.69) is 40.0 Å². The maximum atomic E-state index is 13.0. The second kappa shape index (κ2) is 12.7. The lowest BCUT2D eigenvalue weighted by Gasteiger charge is -2.22. The number of hydrogen-bond acceptors (Lipinski definition) is 6. The quantitative estimate of drug-likeness (QED) is 0.252. The molecule has 10 heteroatoms. The van der Waals surface area contributed by atoms with Crippen LogP contribution in [0.15, 0.2) is 84.9 Å². The Morgan fingerprint density at radius 3 is 2.24 bits per heavy atom. The minimum absolute atomic E-state index is 0.0416. The second-order valence-corrected chi connectivity index (χ2v) is 10.4. The van der Waals surface area contributed by atoms with Crippen LogP contribution in [0.5, 0.6) is 0 Å². The fourth-order valence-corrected chi connectivity index (χ4v) is 5.33. The zero-order valence-corrected chi connectivity index (χ0v) is 23.5. The third-order valence-corrected chi connectivity index (χ3v) is 7.31. The van der Waals surface area contributed by atoms with Gasteiger partial charge in [0.05, 0.1) is 12.2 Å². The fraction of sp³-hybridized carbons (Fsp3) is 0.250. The van der Waals surface area contributed by atoms with Gasteiger partial charge < -0.3 is 20.5 Å². The normalized spacial score (nSPS) is 12.8. The highest BCUT2D eigenvalue weighted by molar-refractivity contribution is 5.95. The van der Waals surface area contributed by atoms with Gasteiger partial charge in [0.25, 0.3) is 5.91 Å². The van der Waals surface area contributed by atoms with Crippen LogP contribution < -0.4 is 10.6 Å². The van der Waals surface area contributed by atoms with Crippen molar-refractivity contribution in [1.29, 1.82) is 0 Å². The molecule has 5 rings (SSSR count). The number of carboxylic acid groups (broad SMARTS) is 1. The molecule has 3 aromatic carbocycles. The van der Waals surface area contributed by atoms with E-state index >= 15 is 0 Å². The van der Waals surface area contributed by atoms with E-state index in [4.69, 9.17) is 4.74 Å². The van der Waals surface area contributed by atoms with E-state index in [0.29, 0.717) is 12.2 Å². The summed E-state index contributed by atoms with van der Waals surface area (Å²) in [4.78, 5) is 39.2. The van der Waals surface area contributed by atoms with E-state index in [1.807, 2.05) is 59.5 Å². The summed E-state index contributed by atoms with van der Waals surface area (Å²) in [5.41, 5.74) is 6.19. The first-order valence-electron chi connectivity index (χ1n) is 13.7. The number of amides is 2. The molecule has 3 N–H and O–H groups in total. The molecule has 42 heavy (non-hydrogen) atoms. The molecular weight excluding hydrogens is 534 g/mol. The molecule has 1 atom stereocenters. The number of nitrogens with one attached hydrogen (secondary N) is 2. The number of ether oxygens (including phenoxy) is 1. The van der Waals surface area contributed by atoms with E-state index in [0.717, 1.165) is 27.8 Å². The maximum Gasteiger partial charge on any atom is 0.407 e. The number of nitrogens with zero attached hydrogens (tertiary/aromatic N) is 3. The molecule has 4 aromatic rings. The van der Waals surface area contributed by atoms with E-state index in [1.54, 1.807) is 14.1 Å². The smallest absolute Gasteiger partial charge is 0.407 e. The van der Waals surface area contributed by atoms with Gasteiger partial charge in [0.15, 0.2) is 0 Å². The molecule has 0 aliphatic heterocycles. The topological polar surface area (TPSA) is 126 Å². The monoisotopic (exact) mass is 567 g/mol. The van der Waals surface area contributed by atoms with Gasteiger partial charge in [0.2, 0.25) is 0 Å². The van der Waals surface area contributed by atoms with Crippen molar-refractivity contribution in [2.24, 2.45) is 7.05 Å². The highest BCUT2D eigenvalue weighted by atomic mass is 16.5. The van der Waals surface area contributed by atoms with Crippen LogP contribution in [0.2, 0.25) is 0 Å². The Morgan fingerprint density at radius 1 is 0.976 bits per heavy atom. The van der Waals surface area contributed by atoms with E-state index in [1.165, 1.54) is 10.7 Å². The number of benzene rings is 3. The van der Waals surface area contributed by atoms with Gasteiger partial charge in [-0.25, -0.2) is 9.59 Å². The van der Waals surface area contributed by atoms with Crippen molar-refractivity contribution in [3.05, 3.63) is 113 Å². The number of likely N-dealkylation sites (N-methyl/N-ethyl adjacent to an activating group) is 1. The average molecular weight is 568 g/mol. The number of carboxylic acids is 1. The number of aliphatic carboxylic acids is 1. The highest BCUT2D eigenvalue weighted by Gasteiger charge is 2.29. The van der Waals surface area contributed by atoms with Crippen LogP contribution in [-0.4, -0.2) is 64.0 Å². The molecule has 0 bridgehead atoms. The van der Waals surface area contributed by atoms with Crippen molar-refractivity contribution in [2.45, 2.75) is 25.0 Å². The Hall–Kier alpha value is -4.96. The van der Waals surface area contributed by atoms with Crippen molar-refractivity contribution in [1.82, 2.24) is 25.3 Å². The van der Waals surface area contributed by atoms with Gasteiger partial charge in [-0.15, -0.1) is 0 Å². The van der Waals surface area contributed by atoms with Gasteiger partial charge in [-0.3, -0.25) is 14.4 Å². The van der Waals surface area contributed by atoms with Crippen molar-refractivity contribution < 1.29 is 24.2 Å². The molecule has 0 radical (unpaired) electrons. The molecule has 1 aliphatic rings. The number of carbonyl (C=O) groups is 3. The van der Waals surface area contributed by atoms with Gasteiger partial charge >= 0.3 is 12.1 Å². The Labute approximate surface area is 243 Å². The first-order chi connectivity index (χ1) is 20.3. The van der Waals surface area contributed by atoms with Crippen molar-refractivity contribution in [2.75, 3.05) is 20.2 Å². The van der Waals surface area contributed by atoms with Crippen molar-refractivity contribution in [3.8, 4) is 11.1 Å². The Morgan fingerprint density at radius 2 is 1.60 bits per heavy atom. The predicted octanol–water partition coefficient (Wildman–Crippen LogP) is 3.77.